The Balaban J connectivity index is 2.27. The zero-order valence-corrected chi connectivity index (χ0v) is 13.0. The van der Waals surface area contributed by atoms with Crippen LogP contribution in [0.15, 0.2) is 18.2 Å². The Morgan fingerprint density at radius 1 is 1.14 bits per heavy atom. The minimum absolute atomic E-state index is 0.0142. The molecule has 0 aliphatic carbocycles. The van der Waals surface area contributed by atoms with Crippen molar-refractivity contribution in [1.29, 1.82) is 0 Å². The Kier molecular flexibility index (Phi) is 4.90. The van der Waals surface area contributed by atoms with Crippen LogP contribution < -0.4 is 9.47 Å². The number of methoxy groups -OCH3 is 2. The third-order valence-corrected chi connectivity index (χ3v) is 4.09. The second-order valence-electron chi connectivity index (χ2n) is 5.52. The van der Waals surface area contributed by atoms with Gasteiger partial charge in [-0.15, -0.1) is 0 Å². The molecule has 0 saturated carbocycles. The predicted molar refractivity (Wildman–Crippen MR) is 80.4 cm³/mol. The first-order chi connectivity index (χ1) is 10.5. The maximum absolute atomic E-state index is 12.7. The zero-order valence-electron chi connectivity index (χ0n) is 13.0. The van der Waals surface area contributed by atoms with E-state index in [0.717, 1.165) is 0 Å². The van der Waals surface area contributed by atoms with E-state index in [1.807, 2.05) is 6.92 Å². The summed E-state index contributed by atoms with van der Waals surface area (Å²) in [6.07, 6.45) is 1.28. The predicted octanol–water partition coefficient (Wildman–Crippen LogP) is 2.03. The van der Waals surface area contributed by atoms with Gasteiger partial charge in [-0.05, 0) is 31.9 Å². The summed E-state index contributed by atoms with van der Waals surface area (Å²) in [6, 6.07) is 4.99. The van der Waals surface area contributed by atoms with E-state index in [0.29, 0.717) is 29.9 Å². The lowest BCUT2D eigenvalue weighted by Crippen LogP contribution is -2.47. The lowest BCUT2D eigenvalue weighted by molar-refractivity contribution is -0.143. The highest BCUT2D eigenvalue weighted by molar-refractivity contribution is 5.95. The maximum Gasteiger partial charge on any atom is 0.308 e. The number of rotatable bonds is 4. The number of amides is 1. The van der Waals surface area contributed by atoms with Gasteiger partial charge in [0.1, 0.15) is 11.5 Å². The van der Waals surface area contributed by atoms with Crippen molar-refractivity contribution in [2.24, 2.45) is 5.92 Å². The molecule has 1 saturated heterocycles. The number of hydrogen-bond donors (Lipinski definition) is 1. The highest BCUT2D eigenvalue weighted by Crippen LogP contribution is 2.27. The summed E-state index contributed by atoms with van der Waals surface area (Å²) in [7, 11) is 3.04. The number of carboxylic acids is 1. The Hall–Kier alpha value is -2.24. The number of hydrogen-bond acceptors (Lipinski definition) is 4. The van der Waals surface area contributed by atoms with Crippen LogP contribution >= 0.6 is 0 Å². The van der Waals surface area contributed by atoms with Crippen molar-refractivity contribution in [2.75, 3.05) is 20.8 Å². The van der Waals surface area contributed by atoms with Crippen LogP contribution in [-0.2, 0) is 4.79 Å². The molecule has 120 valence electrons. The first-order valence-electron chi connectivity index (χ1n) is 7.23. The van der Waals surface area contributed by atoms with Gasteiger partial charge in [0, 0.05) is 24.2 Å². The number of piperidine rings is 1. The van der Waals surface area contributed by atoms with Crippen LogP contribution in [0.2, 0.25) is 0 Å². The van der Waals surface area contributed by atoms with Crippen LogP contribution in [0, 0.1) is 5.92 Å². The number of nitrogens with zero attached hydrogens (tertiary/aromatic N) is 1. The Labute approximate surface area is 129 Å². The second kappa shape index (κ2) is 6.68. The highest BCUT2D eigenvalue weighted by atomic mass is 16.5. The van der Waals surface area contributed by atoms with E-state index in [1.165, 1.54) is 14.2 Å². The van der Waals surface area contributed by atoms with Gasteiger partial charge in [0.15, 0.2) is 0 Å². The molecule has 0 spiro atoms. The van der Waals surface area contributed by atoms with Crippen molar-refractivity contribution < 1.29 is 24.2 Å². The lowest BCUT2D eigenvalue weighted by Gasteiger charge is -2.36. The molecule has 0 radical (unpaired) electrons. The van der Waals surface area contributed by atoms with E-state index < -0.39 is 11.9 Å². The number of carboxylic acid groups (broad SMARTS) is 1. The fraction of sp³-hybridized carbons (Fsp3) is 0.500. The number of aliphatic carboxylic acids is 1. The standard InChI is InChI=1S/C16H21NO5/c1-10-4-5-11(16(19)20)9-17(10)15(18)12-6-13(21-2)8-14(7-12)22-3/h6-8,10-11H,4-5,9H2,1-3H3,(H,19,20). The summed E-state index contributed by atoms with van der Waals surface area (Å²) in [5.41, 5.74) is 0.439. The third kappa shape index (κ3) is 3.32. The summed E-state index contributed by atoms with van der Waals surface area (Å²) >= 11 is 0. The first kappa shape index (κ1) is 16.1. The largest absolute Gasteiger partial charge is 0.497 e. The maximum atomic E-state index is 12.7. The molecule has 2 rings (SSSR count). The van der Waals surface area contributed by atoms with Gasteiger partial charge in [-0.25, -0.2) is 0 Å². The zero-order chi connectivity index (χ0) is 16.3. The van der Waals surface area contributed by atoms with Gasteiger partial charge in [0.05, 0.1) is 20.1 Å². The Morgan fingerprint density at radius 3 is 2.23 bits per heavy atom. The molecule has 1 aromatic rings. The van der Waals surface area contributed by atoms with Crippen molar-refractivity contribution in [1.82, 2.24) is 4.90 Å². The van der Waals surface area contributed by atoms with Crippen LogP contribution in [0.25, 0.3) is 0 Å². The lowest BCUT2D eigenvalue weighted by atomic mass is 9.93. The molecular weight excluding hydrogens is 286 g/mol. The quantitative estimate of drug-likeness (QED) is 0.921. The van der Waals surface area contributed by atoms with Crippen LogP contribution in [-0.4, -0.2) is 48.7 Å². The SMILES string of the molecule is COc1cc(OC)cc(C(=O)N2CC(C(=O)O)CCC2C)c1. The molecule has 22 heavy (non-hydrogen) atoms. The van der Waals surface area contributed by atoms with Gasteiger partial charge in [0.25, 0.3) is 5.91 Å². The van der Waals surface area contributed by atoms with E-state index >= 15 is 0 Å². The summed E-state index contributed by atoms with van der Waals surface area (Å²) < 4.78 is 10.4. The van der Waals surface area contributed by atoms with E-state index in [-0.39, 0.29) is 18.5 Å². The van der Waals surface area contributed by atoms with Crippen LogP contribution in [0.4, 0.5) is 0 Å². The molecule has 1 fully saturated rings. The van der Waals surface area contributed by atoms with E-state index in [1.54, 1.807) is 23.1 Å². The van der Waals surface area contributed by atoms with Crippen molar-refractivity contribution in [3.05, 3.63) is 23.8 Å². The monoisotopic (exact) mass is 307 g/mol. The fourth-order valence-electron chi connectivity index (χ4n) is 2.69. The molecule has 1 heterocycles. The molecule has 1 aliphatic heterocycles. The van der Waals surface area contributed by atoms with Crippen molar-refractivity contribution in [2.45, 2.75) is 25.8 Å². The second-order valence-corrected chi connectivity index (χ2v) is 5.52. The van der Waals surface area contributed by atoms with Crippen LogP contribution in [0.5, 0.6) is 11.5 Å². The smallest absolute Gasteiger partial charge is 0.308 e. The molecule has 1 N–H and O–H groups in total. The van der Waals surface area contributed by atoms with Gasteiger partial charge >= 0.3 is 5.97 Å². The highest BCUT2D eigenvalue weighted by Gasteiger charge is 2.33. The topological polar surface area (TPSA) is 76.1 Å². The molecule has 0 bridgehead atoms. The molecular formula is C16H21NO5. The summed E-state index contributed by atoms with van der Waals surface area (Å²) in [5, 5.41) is 9.18. The van der Waals surface area contributed by atoms with Gasteiger partial charge in [0.2, 0.25) is 0 Å². The number of ether oxygens (including phenoxy) is 2. The summed E-state index contributed by atoms with van der Waals surface area (Å²) in [5.74, 6) is -0.500. The van der Waals surface area contributed by atoms with Gasteiger partial charge in [-0.2, -0.15) is 0 Å². The number of benzene rings is 1. The van der Waals surface area contributed by atoms with Crippen molar-refractivity contribution in [3.63, 3.8) is 0 Å². The van der Waals surface area contributed by atoms with Crippen LogP contribution in [0.3, 0.4) is 0 Å². The molecule has 6 heteroatoms. The number of likely N-dealkylation sites (tertiary alicyclic amines) is 1. The number of carbonyl (C=O) groups is 2. The molecule has 2 atom stereocenters. The van der Waals surface area contributed by atoms with Crippen LogP contribution in [0.1, 0.15) is 30.1 Å². The van der Waals surface area contributed by atoms with Gasteiger partial charge < -0.3 is 19.5 Å². The van der Waals surface area contributed by atoms with Crippen molar-refractivity contribution >= 4 is 11.9 Å². The minimum Gasteiger partial charge on any atom is -0.497 e. The fourth-order valence-corrected chi connectivity index (χ4v) is 2.69. The molecule has 1 amide bonds. The van der Waals surface area contributed by atoms with Crippen molar-refractivity contribution in [3.8, 4) is 11.5 Å². The van der Waals surface area contributed by atoms with E-state index in [4.69, 9.17) is 9.47 Å². The third-order valence-electron chi connectivity index (χ3n) is 4.09. The van der Waals surface area contributed by atoms with E-state index in [9.17, 15) is 14.7 Å². The summed E-state index contributed by atoms with van der Waals surface area (Å²) in [6.45, 7) is 2.17. The normalized spacial score (nSPS) is 21.3. The molecule has 6 nitrogen and oxygen atoms in total. The average molecular weight is 307 g/mol. The molecule has 1 aliphatic rings. The first-order valence-corrected chi connectivity index (χ1v) is 7.23. The van der Waals surface area contributed by atoms with Gasteiger partial charge in [-0.1, -0.05) is 0 Å². The Morgan fingerprint density at radius 2 is 1.73 bits per heavy atom. The molecule has 0 aromatic heterocycles. The Bertz CT molecular complexity index is 549. The summed E-state index contributed by atoms with van der Waals surface area (Å²) in [4.78, 5) is 25.5. The average Bonchev–Trinajstić information content (AvgIpc) is 2.53. The van der Waals surface area contributed by atoms with Gasteiger partial charge in [-0.3, -0.25) is 9.59 Å². The molecule has 1 aromatic carbocycles. The van der Waals surface area contributed by atoms with E-state index in [2.05, 4.69) is 0 Å². The number of carbonyl (C=O) groups excluding carboxylic acids is 1. The minimum atomic E-state index is -0.854. The molecule has 2 unspecified atom stereocenters.